The van der Waals surface area contributed by atoms with Gasteiger partial charge in [0.15, 0.2) is 5.78 Å². The van der Waals surface area contributed by atoms with E-state index in [-0.39, 0.29) is 11.9 Å². The maximum atomic E-state index is 12.2. The number of ketones is 1. The molecule has 4 aliphatic rings. The van der Waals surface area contributed by atoms with Crippen LogP contribution in [-0.2, 0) is 9.53 Å². The van der Waals surface area contributed by atoms with Crippen LogP contribution in [0.3, 0.4) is 0 Å². The van der Waals surface area contributed by atoms with Crippen LogP contribution in [0, 0.1) is 29.1 Å². The zero-order valence-corrected chi connectivity index (χ0v) is 19.2. The number of hydrogen-bond acceptors (Lipinski definition) is 4. The molecular weight excluding hydrogens is 400 g/mol. The minimum Gasteiger partial charge on any atom is -0.497 e. The van der Waals surface area contributed by atoms with Gasteiger partial charge >= 0.3 is 0 Å². The Kier molecular flexibility index (Phi) is 5.31. The maximum absolute atomic E-state index is 12.2. The Bertz CT molecular complexity index is 1050. The lowest BCUT2D eigenvalue weighted by molar-refractivity contribution is -0.114. The number of carbonyl (C=O) groups is 1. The van der Waals surface area contributed by atoms with Crippen LogP contribution in [0.4, 0.5) is 0 Å². The third kappa shape index (κ3) is 3.17. The zero-order chi connectivity index (χ0) is 22.5. The Morgan fingerprint density at radius 1 is 1.16 bits per heavy atom. The second-order valence-corrected chi connectivity index (χ2v) is 9.98. The highest BCUT2D eigenvalue weighted by molar-refractivity contribution is 5.93. The first-order chi connectivity index (χ1) is 15.4. The number of allylic oxidation sites excluding steroid dienone is 3. The van der Waals surface area contributed by atoms with E-state index < -0.39 is 11.0 Å². The van der Waals surface area contributed by atoms with Crippen LogP contribution >= 0.6 is 0 Å². The molecular formula is C28H32O4. The molecule has 32 heavy (non-hydrogen) atoms. The molecule has 1 N–H and O–H groups in total. The predicted molar refractivity (Wildman–Crippen MR) is 123 cm³/mol. The smallest absolute Gasteiger partial charge is 0.156 e. The lowest BCUT2D eigenvalue weighted by Crippen LogP contribution is -2.48. The van der Waals surface area contributed by atoms with E-state index >= 15 is 0 Å². The first kappa shape index (κ1) is 21.5. The number of aliphatic hydroxyl groups is 1. The number of hydrogen-bond donors (Lipinski definition) is 1. The number of methoxy groups -OCH3 is 1. The summed E-state index contributed by atoms with van der Waals surface area (Å²) in [4.78, 5) is 12.2. The third-order valence-corrected chi connectivity index (χ3v) is 8.47. The van der Waals surface area contributed by atoms with E-state index in [4.69, 9.17) is 9.47 Å². The number of ether oxygens (including phenoxy) is 2. The summed E-state index contributed by atoms with van der Waals surface area (Å²) in [7, 11) is 1.67. The second kappa shape index (κ2) is 7.90. The molecule has 1 aromatic rings. The SMILES string of the molecule is CC#C[C@]1(O)CCC2C3CCC4=CC(=O)CCC4=C3C(c3ccc(OC)cc3)OC[C@@]21C. The summed E-state index contributed by atoms with van der Waals surface area (Å²) in [6, 6.07) is 8.13. The van der Waals surface area contributed by atoms with Gasteiger partial charge < -0.3 is 14.6 Å². The van der Waals surface area contributed by atoms with E-state index in [2.05, 4.69) is 30.9 Å². The monoisotopic (exact) mass is 432 g/mol. The lowest BCUT2D eigenvalue weighted by Gasteiger charge is -2.42. The second-order valence-electron chi connectivity index (χ2n) is 9.98. The molecule has 1 aromatic carbocycles. The predicted octanol–water partition coefficient (Wildman–Crippen LogP) is 4.93. The zero-order valence-electron chi connectivity index (χ0n) is 19.2. The van der Waals surface area contributed by atoms with Crippen molar-refractivity contribution in [2.24, 2.45) is 17.3 Å². The largest absolute Gasteiger partial charge is 0.497 e. The van der Waals surface area contributed by atoms with Gasteiger partial charge in [-0.15, -0.1) is 5.92 Å². The summed E-state index contributed by atoms with van der Waals surface area (Å²) in [5, 5.41) is 11.6. The van der Waals surface area contributed by atoms with E-state index in [0.29, 0.717) is 31.3 Å². The molecule has 5 atom stereocenters. The molecule has 0 aromatic heterocycles. The normalized spacial score (nSPS) is 36.2. The molecule has 0 spiro atoms. The van der Waals surface area contributed by atoms with E-state index in [1.807, 2.05) is 18.2 Å². The first-order valence-electron chi connectivity index (χ1n) is 11.8. The van der Waals surface area contributed by atoms with Crippen molar-refractivity contribution in [1.29, 1.82) is 0 Å². The fourth-order valence-corrected chi connectivity index (χ4v) is 6.74. The van der Waals surface area contributed by atoms with Crippen molar-refractivity contribution in [2.45, 2.75) is 64.1 Å². The lowest BCUT2D eigenvalue weighted by atomic mass is 9.61. The fraction of sp³-hybridized carbons (Fsp3) is 0.536. The van der Waals surface area contributed by atoms with E-state index in [9.17, 15) is 9.90 Å². The van der Waals surface area contributed by atoms with Crippen LogP contribution in [-0.4, -0.2) is 30.2 Å². The van der Waals surface area contributed by atoms with Gasteiger partial charge in [-0.3, -0.25) is 4.79 Å². The highest BCUT2D eigenvalue weighted by atomic mass is 16.5. The minimum absolute atomic E-state index is 0.181. The standard InChI is InChI=1S/C28H32O4/c1-4-14-28(30)15-13-24-23-11-7-19-16-20(29)8-12-22(19)25(23)26(32-17-27(24,28)2)18-5-9-21(31-3)10-6-18/h5-6,9-10,16,23-24,26,30H,7-8,11-13,15,17H2,1-3H3/t23?,24?,26?,27-,28-/m0/s1. The van der Waals surface area contributed by atoms with Crippen LogP contribution in [0.25, 0.3) is 0 Å². The number of rotatable bonds is 2. The molecule has 168 valence electrons. The van der Waals surface area contributed by atoms with Crippen molar-refractivity contribution in [1.82, 2.24) is 0 Å². The van der Waals surface area contributed by atoms with Crippen LogP contribution in [0.1, 0.15) is 64.0 Å². The van der Waals surface area contributed by atoms with E-state index in [1.165, 1.54) is 16.7 Å². The molecule has 1 heterocycles. The third-order valence-electron chi connectivity index (χ3n) is 8.47. The Morgan fingerprint density at radius 2 is 1.94 bits per heavy atom. The Hall–Kier alpha value is -2.35. The minimum atomic E-state index is -1.03. The molecule has 3 aliphatic carbocycles. The number of carbonyl (C=O) groups excluding carboxylic acids is 1. The van der Waals surface area contributed by atoms with Gasteiger partial charge in [-0.25, -0.2) is 0 Å². The summed E-state index contributed by atoms with van der Waals surface area (Å²) in [6.07, 6.45) is 6.58. The van der Waals surface area contributed by atoms with E-state index in [0.717, 1.165) is 37.0 Å². The molecule has 0 radical (unpaired) electrons. The molecule has 1 saturated heterocycles. The molecule has 2 fully saturated rings. The van der Waals surface area contributed by atoms with Gasteiger partial charge in [-0.1, -0.05) is 25.0 Å². The topological polar surface area (TPSA) is 55.8 Å². The van der Waals surface area contributed by atoms with E-state index in [1.54, 1.807) is 14.0 Å². The van der Waals surface area contributed by atoms with Gasteiger partial charge in [0.1, 0.15) is 17.5 Å². The Balaban J connectivity index is 1.67. The molecule has 1 saturated carbocycles. The number of benzene rings is 1. The molecule has 0 amide bonds. The van der Waals surface area contributed by atoms with Crippen molar-refractivity contribution >= 4 is 5.78 Å². The molecule has 4 nitrogen and oxygen atoms in total. The van der Waals surface area contributed by atoms with Crippen molar-refractivity contribution in [3.05, 3.63) is 52.6 Å². The van der Waals surface area contributed by atoms with Crippen LogP contribution in [0.15, 0.2) is 47.1 Å². The molecule has 3 unspecified atom stereocenters. The van der Waals surface area contributed by atoms with Gasteiger partial charge in [0.25, 0.3) is 0 Å². The summed E-state index contributed by atoms with van der Waals surface area (Å²) in [5.74, 6) is 7.81. The molecule has 4 heteroatoms. The van der Waals surface area contributed by atoms with Crippen LogP contribution in [0.2, 0.25) is 0 Å². The average molecular weight is 433 g/mol. The van der Waals surface area contributed by atoms with Gasteiger partial charge in [0, 0.05) is 11.8 Å². The maximum Gasteiger partial charge on any atom is 0.156 e. The van der Waals surface area contributed by atoms with Gasteiger partial charge in [-0.2, -0.15) is 0 Å². The summed E-state index contributed by atoms with van der Waals surface area (Å²) >= 11 is 0. The summed E-state index contributed by atoms with van der Waals surface area (Å²) in [5.41, 5.74) is 3.49. The van der Waals surface area contributed by atoms with Crippen LogP contribution in [0.5, 0.6) is 5.75 Å². The molecule has 5 rings (SSSR count). The first-order valence-corrected chi connectivity index (χ1v) is 11.8. The molecule has 1 aliphatic heterocycles. The van der Waals surface area contributed by atoms with Gasteiger partial charge in [-0.05, 0) is 91.4 Å². The summed E-state index contributed by atoms with van der Waals surface area (Å²) in [6.45, 7) is 4.44. The number of fused-ring (bicyclic) bond motifs is 4. The van der Waals surface area contributed by atoms with Crippen molar-refractivity contribution in [3.8, 4) is 17.6 Å². The van der Waals surface area contributed by atoms with Gasteiger partial charge in [0.2, 0.25) is 0 Å². The van der Waals surface area contributed by atoms with Crippen molar-refractivity contribution in [3.63, 3.8) is 0 Å². The highest BCUT2D eigenvalue weighted by Crippen LogP contribution is 2.61. The highest BCUT2D eigenvalue weighted by Gasteiger charge is 2.61. The molecule has 0 bridgehead atoms. The van der Waals surface area contributed by atoms with Crippen molar-refractivity contribution in [2.75, 3.05) is 13.7 Å². The Morgan fingerprint density at radius 3 is 2.66 bits per heavy atom. The van der Waals surface area contributed by atoms with Crippen LogP contribution < -0.4 is 4.74 Å². The quantitative estimate of drug-likeness (QED) is 0.673. The summed E-state index contributed by atoms with van der Waals surface area (Å²) < 4.78 is 12.1. The Labute approximate surface area is 190 Å². The van der Waals surface area contributed by atoms with Gasteiger partial charge in [0.05, 0.1) is 13.7 Å². The fourth-order valence-electron chi connectivity index (χ4n) is 6.74. The van der Waals surface area contributed by atoms with Crippen molar-refractivity contribution < 1.29 is 19.4 Å². The average Bonchev–Trinajstić information content (AvgIpc) is 2.96.